The van der Waals surface area contributed by atoms with E-state index in [1.165, 1.54) is 0 Å². The average molecular weight is 376 g/mol. The van der Waals surface area contributed by atoms with E-state index in [-0.39, 0.29) is 37.0 Å². The van der Waals surface area contributed by atoms with Gasteiger partial charge < -0.3 is 19.3 Å². The van der Waals surface area contributed by atoms with Crippen molar-refractivity contribution in [1.29, 1.82) is 0 Å². The topological polar surface area (TPSA) is 76.2 Å². The zero-order valence-corrected chi connectivity index (χ0v) is 16.1. The molecule has 1 aromatic rings. The Balaban J connectivity index is 1.69. The molecule has 0 aliphatic carbocycles. The van der Waals surface area contributed by atoms with Crippen molar-refractivity contribution >= 4 is 17.6 Å². The van der Waals surface area contributed by atoms with E-state index in [0.29, 0.717) is 45.0 Å². The quantitative estimate of drug-likeness (QED) is 0.480. The summed E-state index contributed by atoms with van der Waals surface area (Å²) in [5.41, 5.74) is 1.73. The third-order valence-corrected chi connectivity index (χ3v) is 4.58. The van der Waals surface area contributed by atoms with Gasteiger partial charge in [0.15, 0.2) is 5.78 Å². The second-order valence-corrected chi connectivity index (χ2v) is 6.60. The maximum absolute atomic E-state index is 12.3. The number of carbonyl (C=O) groups excluding carboxylic acids is 3. The first-order chi connectivity index (χ1) is 13.0. The first-order valence-corrected chi connectivity index (χ1v) is 9.23. The maximum Gasteiger partial charge on any atom is 0.248 e. The van der Waals surface area contributed by atoms with Gasteiger partial charge in [-0.25, -0.2) is 0 Å². The molecule has 0 spiro atoms. The molecule has 7 heteroatoms. The molecule has 7 nitrogen and oxygen atoms in total. The molecule has 0 radical (unpaired) electrons. The summed E-state index contributed by atoms with van der Waals surface area (Å²) in [4.78, 5) is 40.0. The molecule has 0 atom stereocenters. The number of benzene rings is 1. The average Bonchev–Trinajstić information content (AvgIpc) is 2.69. The molecule has 1 fully saturated rings. The second kappa shape index (κ2) is 10.8. The molecule has 0 bridgehead atoms. The van der Waals surface area contributed by atoms with Gasteiger partial charge in [-0.05, 0) is 6.92 Å². The zero-order chi connectivity index (χ0) is 19.6. The van der Waals surface area contributed by atoms with Crippen LogP contribution >= 0.6 is 0 Å². The number of Topliss-reactive ketones (excluding diaryl/α,β-unsaturated/α-hetero) is 1. The van der Waals surface area contributed by atoms with E-state index in [4.69, 9.17) is 9.47 Å². The highest BCUT2D eigenvalue weighted by Crippen LogP contribution is 2.10. The number of piperazine rings is 1. The molecule has 27 heavy (non-hydrogen) atoms. The van der Waals surface area contributed by atoms with Crippen molar-refractivity contribution in [2.45, 2.75) is 19.8 Å². The van der Waals surface area contributed by atoms with E-state index in [0.717, 1.165) is 5.56 Å². The molecule has 2 amide bonds. The second-order valence-electron chi connectivity index (χ2n) is 6.60. The third kappa shape index (κ3) is 6.77. The van der Waals surface area contributed by atoms with Gasteiger partial charge in [0, 0.05) is 51.7 Å². The van der Waals surface area contributed by atoms with E-state index in [2.05, 4.69) is 0 Å². The van der Waals surface area contributed by atoms with Gasteiger partial charge in [-0.1, -0.05) is 29.8 Å². The molecule has 148 valence electrons. The fraction of sp³-hybridized carbons (Fsp3) is 0.550. The van der Waals surface area contributed by atoms with Gasteiger partial charge in [-0.2, -0.15) is 0 Å². The molecule has 1 aromatic carbocycles. The lowest BCUT2D eigenvalue weighted by Gasteiger charge is -2.34. The Kier molecular flexibility index (Phi) is 8.42. The lowest BCUT2D eigenvalue weighted by Crippen LogP contribution is -2.51. The number of methoxy groups -OCH3 is 1. The van der Waals surface area contributed by atoms with E-state index >= 15 is 0 Å². The van der Waals surface area contributed by atoms with Crippen molar-refractivity contribution in [3.05, 3.63) is 35.4 Å². The molecule has 1 aliphatic rings. The van der Waals surface area contributed by atoms with Crippen LogP contribution in [0.4, 0.5) is 0 Å². The summed E-state index contributed by atoms with van der Waals surface area (Å²) in [6, 6.07) is 7.37. The smallest absolute Gasteiger partial charge is 0.248 e. The normalized spacial score (nSPS) is 14.3. The van der Waals surface area contributed by atoms with Crippen LogP contribution in [0, 0.1) is 6.92 Å². The number of nitrogens with zero attached hydrogens (tertiary/aromatic N) is 2. The van der Waals surface area contributed by atoms with Crippen LogP contribution < -0.4 is 0 Å². The highest BCUT2D eigenvalue weighted by atomic mass is 16.5. The van der Waals surface area contributed by atoms with Crippen LogP contribution in [0.2, 0.25) is 0 Å². The predicted octanol–water partition coefficient (Wildman–Crippen LogP) is 1.29. The standard InChI is InChI=1S/C20H28N2O5/c1-16-3-5-17(6-4-16)18(23)7-8-19(24)21-9-11-22(12-10-21)20(25)15-27-14-13-26-2/h3-6H,7-15H2,1-2H3. The Labute approximate surface area is 160 Å². The molecule has 0 aromatic heterocycles. The van der Waals surface area contributed by atoms with Gasteiger partial charge in [0.2, 0.25) is 11.8 Å². The molecular formula is C20H28N2O5. The van der Waals surface area contributed by atoms with E-state index < -0.39 is 0 Å². The molecular weight excluding hydrogens is 348 g/mol. The summed E-state index contributed by atoms with van der Waals surface area (Å²) in [5.74, 6) is -0.142. The van der Waals surface area contributed by atoms with E-state index in [9.17, 15) is 14.4 Å². The van der Waals surface area contributed by atoms with Crippen LogP contribution in [0.1, 0.15) is 28.8 Å². The van der Waals surface area contributed by atoms with E-state index in [1.807, 2.05) is 19.1 Å². The minimum Gasteiger partial charge on any atom is -0.382 e. The monoisotopic (exact) mass is 376 g/mol. The summed E-state index contributed by atoms with van der Waals surface area (Å²) >= 11 is 0. The molecule has 0 unspecified atom stereocenters. The van der Waals surface area contributed by atoms with Crippen molar-refractivity contribution < 1.29 is 23.9 Å². The first-order valence-electron chi connectivity index (χ1n) is 9.23. The summed E-state index contributed by atoms with van der Waals surface area (Å²) in [6.07, 6.45) is 0.398. The SMILES string of the molecule is COCCOCC(=O)N1CCN(C(=O)CCC(=O)c2ccc(C)cc2)CC1. The summed E-state index contributed by atoms with van der Waals surface area (Å²) in [6.45, 7) is 4.79. The largest absolute Gasteiger partial charge is 0.382 e. The third-order valence-electron chi connectivity index (χ3n) is 4.58. The summed E-state index contributed by atoms with van der Waals surface area (Å²) in [7, 11) is 1.58. The van der Waals surface area contributed by atoms with Gasteiger partial charge in [0.25, 0.3) is 0 Å². The summed E-state index contributed by atoms with van der Waals surface area (Å²) in [5, 5.41) is 0. The minimum atomic E-state index is -0.0762. The number of ether oxygens (including phenoxy) is 2. The zero-order valence-electron chi connectivity index (χ0n) is 16.1. The Morgan fingerprint density at radius 1 is 0.889 bits per heavy atom. The maximum atomic E-state index is 12.3. The summed E-state index contributed by atoms with van der Waals surface area (Å²) < 4.78 is 10.1. The molecule has 0 N–H and O–H groups in total. The Bertz CT molecular complexity index is 636. The highest BCUT2D eigenvalue weighted by Gasteiger charge is 2.24. The van der Waals surface area contributed by atoms with Crippen molar-refractivity contribution in [3.8, 4) is 0 Å². The van der Waals surface area contributed by atoms with Crippen molar-refractivity contribution in [2.75, 3.05) is 53.1 Å². The fourth-order valence-corrected chi connectivity index (χ4v) is 2.86. The van der Waals surface area contributed by atoms with Crippen LogP contribution in [0.5, 0.6) is 0 Å². The molecule has 1 heterocycles. The van der Waals surface area contributed by atoms with Crippen molar-refractivity contribution in [3.63, 3.8) is 0 Å². The molecule has 1 aliphatic heterocycles. The van der Waals surface area contributed by atoms with Crippen LogP contribution in [-0.2, 0) is 19.1 Å². The number of aryl methyl sites for hydroxylation is 1. The van der Waals surface area contributed by atoms with Gasteiger partial charge in [-0.3, -0.25) is 14.4 Å². The Hall–Kier alpha value is -2.25. The number of ketones is 1. The molecule has 2 rings (SSSR count). The van der Waals surface area contributed by atoms with Crippen molar-refractivity contribution in [1.82, 2.24) is 9.80 Å². The fourth-order valence-electron chi connectivity index (χ4n) is 2.86. The van der Waals surface area contributed by atoms with Gasteiger partial charge in [0.05, 0.1) is 13.2 Å². The van der Waals surface area contributed by atoms with Gasteiger partial charge >= 0.3 is 0 Å². The lowest BCUT2D eigenvalue weighted by molar-refractivity contribution is -0.142. The Morgan fingerprint density at radius 3 is 2.07 bits per heavy atom. The van der Waals surface area contributed by atoms with Gasteiger partial charge in [-0.15, -0.1) is 0 Å². The van der Waals surface area contributed by atoms with Crippen LogP contribution in [0.3, 0.4) is 0 Å². The minimum absolute atomic E-state index is 0.0228. The number of hydrogen-bond donors (Lipinski definition) is 0. The first kappa shape index (κ1) is 21.1. The number of amides is 2. The lowest BCUT2D eigenvalue weighted by atomic mass is 10.0. The van der Waals surface area contributed by atoms with Crippen molar-refractivity contribution in [2.24, 2.45) is 0 Å². The molecule has 0 saturated carbocycles. The number of carbonyl (C=O) groups is 3. The Morgan fingerprint density at radius 2 is 1.48 bits per heavy atom. The highest BCUT2D eigenvalue weighted by molar-refractivity contribution is 5.98. The van der Waals surface area contributed by atoms with Crippen LogP contribution in [-0.4, -0.2) is 80.5 Å². The van der Waals surface area contributed by atoms with Gasteiger partial charge in [0.1, 0.15) is 6.61 Å². The molecule has 1 saturated heterocycles. The van der Waals surface area contributed by atoms with E-state index in [1.54, 1.807) is 29.0 Å². The number of hydrogen-bond acceptors (Lipinski definition) is 5. The predicted molar refractivity (Wildman–Crippen MR) is 101 cm³/mol. The van der Waals surface area contributed by atoms with Crippen LogP contribution in [0.25, 0.3) is 0 Å². The van der Waals surface area contributed by atoms with Crippen LogP contribution in [0.15, 0.2) is 24.3 Å². The number of rotatable bonds is 9.